The van der Waals surface area contributed by atoms with Gasteiger partial charge in [-0.25, -0.2) is 18.0 Å². The first kappa shape index (κ1) is 26.5. The van der Waals surface area contributed by atoms with Gasteiger partial charge in [0.1, 0.15) is 23.0 Å². The van der Waals surface area contributed by atoms with E-state index < -0.39 is 41.1 Å². The average molecular weight is 515 g/mol. The highest BCUT2D eigenvalue weighted by atomic mass is 19.1. The molecule has 2 atom stereocenters. The topological polar surface area (TPSA) is 85.7 Å². The van der Waals surface area contributed by atoms with Crippen LogP contribution in [0.25, 0.3) is 0 Å². The standard InChI is InChI=1S/C27H29F3N4O3/c1-18-11-24(37-26(36)32-14-19-5-3-2-4-6-19)25(35)34(15-18)27(17-31)7-9-33(10-8-27)16-21-22(29)12-20(28)13-23(21)30/h2-6,12-13,18,24H,7-11,14-16H2,1H3,(H,32,36). The van der Waals surface area contributed by atoms with E-state index in [0.717, 1.165) is 5.56 Å². The number of hydrogen-bond donors (Lipinski definition) is 1. The number of amides is 2. The van der Waals surface area contributed by atoms with Crippen molar-refractivity contribution in [3.05, 3.63) is 71.0 Å². The van der Waals surface area contributed by atoms with Crippen LogP contribution < -0.4 is 5.32 Å². The Kier molecular flexibility index (Phi) is 8.03. The van der Waals surface area contributed by atoms with E-state index in [0.29, 0.717) is 38.2 Å². The number of nitriles is 1. The predicted molar refractivity (Wildman–Crippen MR) is 128 cm³/mol. The number of carbonyl (C=O) groups excluding carboxylic acids is 2. The van der Waals surface area contributed by atoms with Crippen LogP contribution in [0.1, 0.15) is 37.3 Å². The van der Waals surface area contributed by atoms with Gasteiger partial charge in [-0.2, -0.15) is 5.26 Å². The number of nitrogens with one attached hydrogen (secondary N) is 1. The highest BCUT2D eigenvalue weighted by Gasteiger charge is 2.48. The van der Waals surface area contributed by atoms with Crippen LogP contribution in [0.5, 0.6) is 0 Å². The Balaban J connectivity index is 1.39. The molecular formula is C27H29F3N4O3. The minimum atomic E-state index is -1.12. The number of rotatable bonds is 6. The summed E-state index contributed by atoms with van der Waals surface area (Å²) in [5, 5.41) is 12.8. The Morgan fingerprint density at radius 3 is 2.43 bits per heavy atom. The second kappa shape index (κ2) is 11.2. The number of nitrogens with zero attached hydrogens (tertiary/aromatic N) is 3. The number of carbonyl (C=O) groups is 2. The summed E-state index contributed by atoms with van der Waals surface area (Å²) in [7, 11) is 0. The predicted octanol–water partition coefficient (Wildman–Crippen LogP) is 4.13. The van der Waals surface area contributed by atoms with E-state index in [4.69, 9.17) is 4.74 Å². The number of piperidine rings is 2. The van der Waals surface area contributed by atoms with Gasteiger partial charge >= 0.3 is 6.09 Å². The Morgan fingerprint density at radius 2 is 1.81 bits per heavy atom. The first-order chi connectivity index (χ1) is 17.7. The number of hydrogen-bond acceptors (Lipinski definition) is 5. The van der Waals surface area contributed by atoms with E-state index in [2.05, 4.69) is 11.4 Å². The lowest BCUT2D eigenvalue weighted by Crippen LogP contribution is -2.62. The molecule has 2 aromatic carbocycles. The van der Waals surface area contributed by atoms with Gasteiger partial charge in [0, 0.05) is 50.4 Å². The lowest BCUT2D eigenvalue weighted by molar-refractivity contribution is -0.153. The average Bonchev–Trinajstić information content (AvgIpc) is 2.88. The molecule has 37 heavy (non-hydrogen) atoms. The molecule has 0 aliphatic carbocycles. The summed E-state index contributed by atoms with van der Waals surface area (Å²) in [6, 6.07) is 12.9. The van der Waals surface area contributed by atoms with Gasteiger partial charge < -0.3 is 15.0 Å². The lowest BCUT2D eigenvalue weighted by atomic mass is 9.83. The first-order valence-electron chi connectivity index (χ1n) is 12.3. The molecule has 10 heteroatoms. The van der Waals surface area contributed by atoms with Crippen LogP contribution in [0.4, 0.5) is 18.0 Å². The summed E-state index contributed by atoms with van der Waals surface area (Å²) < 4.78 is 46.9. The number of halogens is 3. The fourth-order valence-corrected chi connectivity index (χ4v) is 5.01. The van der Waals surface area contributed by atoms with Gasteiger partial charge in [0.05, 0.1) is 6.07 Å². The summed E-state index contributed by atoms with van der Waals surface area (Å²) >= 11 is 0. The molecule has 0 radical (unpaired) electrons. The quantitative estimate of drug-likeness (QED) is 0.627. The molecule has 196 valence electrons. The van der Waals surface area contributed by atoms with Crippen LogP contribution in [0.2, 0.25) is 0 Å². The highest BCUT2D eigenvalue weighted by Crippen LogP contribution is 2.34. The van der Waals surface area contributed by atoms with Gasteiger partial charge in [0.25, 0.3) is 5.91 Å². The summed E-state index contributed by atoms with van der Waals surface area (Å²) in [4.78, 5) is 29.0. The van der Waals surface area contributed by atoms with Crippen molar-refractivity contribution >= 4 is 12.0 Å². The molecule has 2 heterocycles. The van der Waals surface area contributed by atoms with Crippen LogP contribution >= 0.6 is 0 Å². The molecule has 0 spiro atoms. The van der Waals surface area contributed by atoms with E-state index in [-0.39, 0.29) is 37.4 Å². The van der Waals surface area contributed by atoms with Crippen molar-refractivity contribution in [1.82, 2.24) is 15.1 Å². The highest BCUT2D eigenvalue weighted by molar-refractivity contribution is 5.85. The van der Waals surface area contributed by atoms with Crippen molar-refractivity contribution in [3.63, 3.8) is 0 Å². The van der Waals surface area contributed by atoms with Crippen LogP contribution in [-0.4, -0.2) is 53.1 Å². The minimum absolute atomic E-state index is 0.00437. The maximum Gasteiger partial charge on any atom is 0.408 e. The number of likely N-dealkylation sites (tertiary alicyclic amines) is 2. The second-order valence-electron chi connectivity index (χ2n) is 9.79. The Morgan fingerprint density at radius 1 is 1.16 bits per heavy atom. The number of benzene rings is 2. The molecular weight excluding hydrogens is 485 g/mol. The number of ether oxygens (including phenoxy) is 1. The second-order valence-corrected chi connectivity index (χ2v) is 9.79. The van der Waals surface area contributed by atoms with Crippen LogP contribution in [0.15, 0.2) is 42.5 Å². The molecule has 0 aromatic heterocycles. The summed E-state index contributed by atoms with van der Waals surface area (Å²) in [6.45, 7) is 3.08. The van der Waals surface area contributed by atoms with Gasteiger partial charge in [-0.15, -0.1) is 0 Å². The van der Waals surface area contributed by atoms with Crippen LogP contribution in [0, 0.1) is 34.7 Å². The fourth-order valence-electron chi connectivity index (χ4n) is 5.01. The van der Waals surface area contributed by atoms with Gasteiger partial charge in [0.2, 0.25) is 0 Å². The van der Waals surface area contributed by atoms with Gasteiger partial charge in [-0.1, -0.05) is 37.3 Å². The van der Waals surface area contributed by atoms with Crippen molar-refractivity contribution < 1.29 is 27.5 Å². The van der Waals surface area contributed by atoms with Crippen molar-refractivity contribution in [3.8, 4) is 6.07 Å². The maximum atomic E-state index is 14.1. The van der Waals surface area contributed by atoms with Crippen molar-refractivity contribution in [2.75, 3.05) is 19.6 Å². The minimum Gasteiger partial charge on any atom is -0.436 e. The third-order valence-corrected chi connectivity index (χ3v) is 7.08. The molecule has 2 unspecified atom stereocenters. The Hall–Kier alpha value is -3.58. The van der Waals surface area contributed by atoms with Gasteiger partial charge in [-0.3, -0.25) is 9.69 Å². The largest absolute Gasteiger partial charge is 0.436 e. The van der Waals surface area contributed by atoms with E-state index in [9.17, 15) is 28.0 Å². The van der Waals surface area contributed by atoms with E-state index in [1.54, 1.807) is 4.90 Å². The number of alkyl carbamates (subject to hydrolysis) is 1. The van der Waals surface area contributed by atoms with Crippen molar-refractivity contribution in [2.24, 2.45) is 5.92 Å². The summed E-state index contributed by atoms with van der Waals surface area (Å²) in [5.74, 6) is -3.32. The van der Waals surface area contributed by atoms with E-state index >= 15 is 0 Å². The molecule has 0 bridgehead atoms. The third kappa shape index (κ3) is 6.05. The van der Waals surface area contributed by atoms with Gasteiger partial charge in [-0.05, 0) is 30.7 Å². The third-order valence-electron chi connectivity index (χ3n) is 7.08. The summed E-state index contributed by atoms with van der Waals surface area (Å²) in [5.41, 5.74) is -0.465. The zero-order chi connectivity index (χ0) is 26.6. The molecule has 2 saturated heterocycles. The zero-order valence-electron chi connectivity index (χ0n) is 20.6. The van der Waals surface area contributed by atoms with E-state index in [1.807, 2.05) is 37.3 Å². The smallest absolute Gasteiger partial charge is 0.408 e. The SMILES string of the molecule is CC1CC(OC(=O)NCc2ccccc2)C(=O)N(C2(C#N)CCN(Cc3c(F)cc(F)cc3F)CC2)C1. The molecule has 4 rings (SSSR count). The molecule has 1 N–H and O–H groups in total. The van der Waals surface area contributed by atoms with Crippen LogP contribution in [-0.2, 0) is 22.6 Å². The molecule has 2 aliphatic heterocycles. The molecule has 2 amide bonds. The molecule has 7 nitrogen and oxygen atoms in total. The van der Waals surface area contributed by atoms with Gasteiger partial charge in [0.15, 0.2) is 6.10 Å². The fraction of sp³-hybridized carbons (Fsp3) is 0.444. The Bertz CT molecular complexity index is 1160. The molecule has 2 aromatic rings. The van der Waals surface area contributed by atoms with Crippen LogP contribution in [0.3, 0.4) is 0 Å². The molecule has 2 aliphatic rings. The lowest BCUT2D eigenvalue weighted by Gasteiger charge is -2.48. The maximum absolute atomic E-state index is 14.1. The van der Waals surface area contributed by atoms with Crippen molar-refractivity contribution in [2.45, 2.75) is 50.9 Å². The summed E-state index contributed by atoms with van der Waals surface area (Å²) in [6.07, 6.45) is -0.839. The monoisotopic (exact) mass is 514 g/mol. The van der Waals surface area contributed by atoms with E-state index in [1.165, 1.54) is 4.90 Å². The van der Waals surface area contributed by atoms with Crippen molar-refractivity contribution in [1.29, 1.82) is 5.26 Å². The first-order valence-corrected chi connectivity index (χ1v) is 12.3. The normalized spacial score (nSPS) is 21.8. The zero-order valence-corrected chi connectivity index (χ0v) is 20.6. The molecule has 0 saturated carbocycles. The molecule has 2 fully saturated rings. The Labute approximate surface area is 213 Å².